The lowest BCUT2D eigenvalue weighted by atomic mass is 10.0. The van der Waals surface area contributed by atoms with Crippen LogP contribution in [-0.4, -0.2) is 63.7 Å². The number of carbonyl (C=O) groups is 4. The Labute approximate surface area is 238 Å². The highest BCUT2D eigenvalue weighted by Crippen LogP contribution is 2.19. The zero-order chi connectivity index (χ0) is 29.2. The molecule has 4 unspecified atom stereocenters. The number of para-hydroxylation sites is 1. The summed E-state index contributed by atoms with van der Waals surface area (Å²) in [5.74, 6) is -2.98. The van der Waals surface area contributed by atoms with Gasteiger partial charge in [-0.25, -0.2) is 4.79 Å². The number of hydrogen-bond donors (Lipinski definition) is 7. The fraction of sp³-hybridized carbons (Fsp3) is 0.379. The molecule has 0 bridgehead atoms. The summed E-state index contributed by atoms with van der Waals surface area (Å²) in [6.07, 6.45) is 2.38. The lowest BCUT2D eigenvalue weighted by Gasteiger charge is -2.25. The molecule has 0 radical (unpaired) electrons. The summed E-state index contributed by atoms with van der Waals surface area (Å²) in [4.78, 5) is 54.1. The highest BCUT2D eigenvalue weighted by Gasteiger charge is 2.30. The van der Waals surface area contributed by atoms with E-state index in [0.717, 1.165) is 22.0 Å². The molecule has 7 N–H and O–H groups in total. The normalized spacial score (nSPS) is 14.2. The van der Waals surface area contributed by atoms with Gasteiger partial charge in [-0.05, 0) is 36.0 Å². The molecule has 2 aromatic carbocycles. The molecule has 3 amide bonds. The smallest absolute Gasteiger partial charge is 0.326 e. The van der Waals surface area contributed by atoms with Gasteiger partial charge in [-0.2, -0.15) is 12.6 Å². The molecule has 10 nitrogen and oxygen atoms in total. The number of nitrogens with two attached hydrogens (primary N) is 1. The zero-order valence-corrected chi connectivity index (χ0v) is 23.5. The maximum Gasteiger partial charge on any atom is 0.326 e. The predicted octanol–water partition coefficient (Wildman–Crippen LogP) is 1.80. The van der Waals surface area contributed by atoms with Gasteiger partial charge < -0.3 is 31.8 Å². The fourth-order valence-corrected chi connectivity index (χ4v) is 4.66. The van der Waals surface area contributed by atoms with E-state index in [1.54, 1.807) is 6.20 Å². The SMILES string of the molecule is CC(C)CC(NC(=O)C(N)Cc1ccccc1)C(=O)NC(CS)C(=O)NC(Cc1c[nH]c2ccccc12)C(=O)O. The van der Waals surface area contributed by atoms with Gasteiger partial charge in [0.1, 0.15) is 18.1 Å². The van der Waals surface area contributed by atoms with Crippen molar-refractivity contribution in [3.8, 4) is 0 Å². The van der Waals surface area contributed by atoms with Crippen LogP contribution in [0.2, 0.25) is 0 Å². The molecular weight excluding hydrogens is 530 g/mol. The fourth-order valence-electron chi connectivity index (χ4n) is 4.40. The largest absolute Gasteiger partial charge is 0.480 e. The zero-order valence-electron chi connectivity index (χ0n) is 22.6. The summed E-state index contributed by atoms with van der Waals surface area (Å²) >= 11 is 4.20. The number of fused-ring (bicyclic) bond motifs is 1. The Morgan fingerprint density at radius 2 is 1.45 bits per heavy atom. The van der Waals surface area contributed by atoms with Gasteiger partial charge in [-0.3, -0.25) is 14.4 Å². The highest BCUT2D eigenvalue weighted by molar-refractivity contribution is 7.80. The quantitative estimate of drug-likeness (QED) is 0.147. The number of benzene rings is 2. The molecule has 3 rings (SSSR count). The summed E-state index contributed by atoms with van der Waals surface area (Å²) in [6.45, 7) is 3.81. The van der Waals surface area contributed by atoms with Crippen LogP contribution in [0.5, 0.6) is 0 Å². The van der Waals surface area contributed by atoms with E-state index < -0.39 is 47.9 Å². The van der Waals surface area contributed by atoms with E-state index in [4.69, 9.17) is 5.73 Å². The number of aromatic amines is 1. The van der Waals surface area contributed by atoms with Gasteiger partial charge in [-0.1, -0.05) is 62.4 Å². The third-order valence-corrected chi connectivity index (χ3v) is 6.87. The van der Waals surface area contributed by atoms with Gasteiger partial charge >= 0.3 is 5.97 Å². The van der Waals surface area contributed by atoms with Crippen LogP contribution in [0, 0.1) is 5.92 Å². The van der Waals surface area contributed by atoms with E-state index in [0.29, 0.717) is 12.8 Å². The van der Waals surface area contributed by atoms with Gasteiger partial charge in [0.25, 0.3) is 0 Å². The van der Waals surface area contributed by atoms with E-state index in [9.17, 15) is 24.3 Å². The van der Waals surface area contributed by atoms with Crippen molar-refractivity contribution in [1.82, 2.24) is 20.9 Å². The summed E-state index contributed by atoms with van der Waals surface area (Å²) < 4.78 is 0. The number of carboxylic acid groups (broad SMARTS) is 1. The Morgan fingerprint density at radius 1 is 0.850 bits per heavy atom. The van der Waals surface area contributed by atoms with Gasteiger partial charge in [0.15, 0.2) is 0 Å². The maximum absolute atomic E-state index is 13.2. The summed E-state index contributed by atoms with van der Waals surface area (Å²) in [5.41, 5.74) is 8.58. The lowest BCUT2D eigenvalue weighted by molar-refractivity contribution is -0.142. The number of thiol groups is 1. The molecular formula is C29H37N5O5S. The molecule has 11 heteroatoms. The van der Waals surface area contributed by atoms with Crippen molar-refractivity contribution < 1.29 is 24.3 Å². The third-order valence-electron chi connectivity index (χ3n) is 6.50. The van der Waals surface area contributed by atoms with E-state index in [-0.39, 0.29) is 18.1 Å². The molecule has 4 atom stereocenters. The van der Waals surface area contributed by atoms with Crippen LogP contribution in [0.1, 0.15) is 31.4 Å². The second kappa shape index (κ2) is 14.5. The van der Waals surface area contributed by atoms with Gasteiger partial charge in [0.05, 0.1) is 6.04 Å². The van der Waals surface area contributed by atoms with Gasteiger partial charge in [0, 0.05) is 29.3 Å². The predicted molar refractivity (Wildman–Crippen MR) is 157 cm³/mol. The van der Waals surface area contributed by atoms with Crippen LogP contribution < -0.4 is 21.7 Å². The molecule has 214 valence electrons. The highest BCUT2D eigenvalue weighted by atomic mass is 32.1. The Balaban J connectivity index is 1.64. The Kier molecular flexibility index (Phi) is 11.2. The summed E-state index contributed by atoms with van der Waals surface area (Å²) in [6, 6.07) is 12.6. The molecule has 1 heterocycles. The molecule has 40 heavy (non-hydrogen) atoms. The number of aromatic nitrogens is 1. The van der Waals surface area contributed by atoms with Gasteiger partial charge in [0.2, 0.25) is 17.7 Å². The molecule has 0 aliphatic rings. The minimum absolute atomic E-state index is 0.0453. The molecule has 1 aromatic heterocycles. The Morgan fingerprint density at radius 3 is 2.10 bits per heavy atom. The standard InChI is InChI=1S/C29H37N5O5S/c1-17(2)12-23(32-26(35)21(30)13-18-8-4-3-5-9-18)27(36)34-25(16-40)28(37)33-24(29(38)39)14-19-15-31-22-11-7-6-10-20(19)22/h3-11,15,17,21,23-25,31,40H,12-14,16,30H2,1-2H3,(H,32,35)(H,33,37)(H,34,36)(H,38,39). The number of rotatable bonds is 14. The summed E-state index contributed by atoms with van der Waals surface area (Å²) in [7, 11) is 0. The van der Waals surface area contributed by atoms with Crippen LogP contribution in [-0.2, 0) is 32.0 Å². The monoisotopic (exact) mass is 567 g/mol. The first kappa shape index (κ1) is 30.7. The van der Waals surface area contributed by atoms with E-state index in [1.165, 1.54) is 0 Å². The van der Waals surface area contributed by atoms with E-state index in [1.807, 2.05) is 68.4 Å². The molecule has 0 saturated heterocycles. The number of H-pyrrole nitrogens is 1. The first-order valence-corrected chi connectivity index (χ1v) is 13.8. The van der Waals surface area contributed by atoms with Crippen molar-refractivity contribution in [2.75, 3.05) is 5.75 Å². The average Bonchev–Trinajstić information content (AvgIpc) is 3.33. The second-order valence-corrected chi connectivity index (χ2v) is 10.6. The van der Waals surface area contributed by atoms with E-state index >= 15 is 0 Å². The Hall–Kier alpha value is -3.83. The third kappa shape index (κ3) is 8.59. The topological polar surface area (TPSA) is 166 Å². The first-order valence-electron chi connectivity index (χ1n) is 13.2. The van der Waals surface area contributed by atoms with Crippen molar-refractivity contribution in [3.63, 3.8) is 0 Å². The molecule has 3 aromatic rings. The molecule has 0 aliphatic heterocycles. The van der Waals surface area contributed by atoms with Crippen molar-refractivity contribution in [2.45, 2.75) is 57.3 Å². The maximum atomic E-state index is 13.2. The average molecular weight is 568 g/mol. The minimum Gasteiger partial charge on any atom is -0.480 e. The number of aliphatic carboxylic acids is 1. The Bertz CT molecular complexity index is 1310. The van der Waals surface area contributed by atoms with Crippen LogP contribution >= 0.6 is 12.6 Å². The van der Waals surface area contributed by atoms with Crippen molar-refractivity contribution in [3.05, 3.63) is 71.9 Å². The van der Waals surface area contributed by atoms with Crippen molar-refractivity contribution >= 4 is 47.2 Å². The van der Waals surface area contributed by atoms with Crippen molar-refractivity contribution in [2.24, 2.45) is 11.7 Å². The molecule has 0 aliphatic carbocycles. The number of carbonyl (C=O) groups excluding carboxylic acids is 3. The molecule has 0 spiro atoms. The van der Waals surface area contributed by atoms with Gasteiger partial charge in [-0.15, -0.1) is 0 Å². The van der Waals surface area contributed by atoms with Crippen molar-refractivity contribution in [1.29, 1.82) is 0 Å². The number of nitrogens with one attached hydrogen (secondary N) is 4. The van der Waals surface area contributed by atoms with Crippen LogP contribution in [0.3, 0.4) is 0 Å². The van der Waals surface area contributed by atoms with Crippen LogP contribution in [0.4, 0.5) is 0 Å². The van der Waals surface area contributed by atoms with E-state index in [2.05, 4.69) is 33.6 Å². The second-order valence-electron chi connectivity index (χ2n) is 10.2. The number of amides is 3. The van der Waals surface area contributed by atoms with Crippen LogP contribution in [0.25, 0.3) is 10.9 Å². The number of carboxylic acids is 1. The molecule has 0 fully saturated rings. The lowest BCUT2D eigenvalue weighted by Crippen LogP contribution is -2.58. The molecule has 0 saturated carbocycles. The summed E-state index contributed by atoms with van der Waals surface area (Å²) in [5, 5.41) is 18.5. The first-order chi connectivity index (χ1) is 19.1. The van der Waals surface area contributed by atoms with Crippen LogP contribution in [0.15, 0.2) is 60.8 Å². The number of hydrogen-bond acceptors (Lipinski definition) is 6. The minimum atomic E-state index is -1.23.